The van der Waals surface area contributed by atoms with Gasteiger partial charge in [-0.05, 0) is 34.5 Å². The van der Waals surface area contributed by atoms with E-state index in [-0.39, 0.29) is 12.5 Å². The van der Waals surface area contributed by atoms with E-state index in [1.165, 1.54) is 0 Å². The molecule has 0 bridgehead atoms. The summed E-state index contributed by atoms with van der Waals surface area (Å²) in [6, 6.07) is 5.36. The molecule has 0 saturated carbocycles. The Bertz CT molecular complexity index is 610. The Morgan fingerprint density at radius 2 is 2.30 bits per heavy atom. The lowest BCUT2D eigenvalue weighted by Gasteiger charge is -2.03. The van der Waals surface area contributed by atoms with Crippen molar-refractivity contribution >= 4 is 17.2 Å². The fourth-order valence-corrected chi connectivity index (χ4v) is 2.16. The quantitative estimate of drug-likeness (QED) is 0.843. The van der Waals surface area contributed by atoms with Crippen LogP contribution in [0, 0.1) is 11.8 Å². The number of rotatable bonds is 4. The summed E-state index contributed by atoms with van der Waals surface area (Å²) in [4.78, 5) is 16.0. The van der Waals surface area contributed by atoms with Gasteiger partial charge in [-0.2, -0.15) is 11.3 Å². The van der Waals surface area contributed by atoms with Crippen LogP contribution >= 0.6 is 11.3 Å². The average Bonchev–Trinajstić information content (AvgIpc) is 2.99. The fraction of sp³-hybridized carbons (Fsp3) is 0.200. The summed E-state index contributed by atoms with van der Waals surface area (Å²) in [7, 11) is 0. The van der Waals surface area contributed by atoms with Crippen molar-refractivity contribution in [1.82, 2.24) is 10.3 Å². The maximum absolute atomic E-state index is 11.9. The van der Waals surface area contributed by atoms with Crippen molar-refractivity contribution in [3.05, 3.63) is 52.0 Å². The van der Waals surface area contributed by atoms with Crippen molar-refractivity contribution in [1.29, 1.82) is 0 Å². The molecule has 0 aromatic carbocycles. The van der Waals surface area contributed by atoms with Gasteiger partial charge in [0, 0.05) is 24.7 Å². The molecule has 2 N–H and O–H groups in total. The van der Waals surface area contributed by atoms with Gasteiger partial charge in [-0.1, -0.05) is 11.8 Å². The Balaban J connectivity index is 1.92. The van der Waals surface area contributed by atoms with E-state index >= 15 is 0 Å². The number of amides is 1. The summed E-state index contributed by atoms with van der Waals surface area (Å²) in [6.07, 6.45) is 1.99. The van der Waals surface area contributed by atoms with Gasteiger partial charge < -0.3 is 10.4 Å². The van der Waals surface area contributed by atoms with Gasteiger partial charge in [-0.25, -0.2) is 4.98 Å². The zero-order valence-corrected chi connectivity index (χ0v) is 11.6. The second-order valence-electron chi connectivity index (χ2n) is 4.02. The Morgan fingerprint density at radius 3 is 2.95 bits per heavy atom. The van der Waals surface area contributed by atoms with Crippen LogP contribution in [0.2, 0.25) is 0 Å². The van der Waals surface area contributed by atoms with Crippen LogP contribution in [-0.4, -0.2) is 22.6 Å². The third-order valence-electron chi connectivity index (χ3n) is 2.50. The summed E-state index contributed by atoms with van der Waals surface area (Å²) in [6.45, 7) is 0.547. The molecule has 0 unspecified atom stereocenters. The predicted octanol–water partition coefficient (Wildman–Crippen LogP) is 1.81. The molecular weight excluding hydrogens is 272 g/mol. The second-order valence-corrected chi connectivity index (χ2v) is 4.80. The van der Waals surface area contributed by atoms with Crippen LogP contribution in [0.25, 0.3) is 0 Å². The van der Waals surface area contributed by atoms with Crippen molar-refractivity contribution in [2.24, 2.45) is 0 Å². The van der Waals surface area contributed by atoms with E-state index in [2.05, 4.69) is 22.1 Å². The van der Waals surface area contributed by atoms with E-state index in [4.69, 9.17) is 5.11 Å². The van der Waals surface area contributed by atoms with Crippen molar-refractivity contribution in [2.75, 3.05) is 6.61 Å². The topological polar surface area (TPSA) is 62.2 Å². The first-order valence-electron chi connectivity index (χ1n) is 6.14. The van der Waals surface area contributed by atoms with Crippen LogP contribution in [0.3, 0.4) is 0 Å². The molecule has 5 heteroatoms. The third-order valence-corrected chi connectivity index (χ3v) is 3.23. The van der Waals surface area contributed by atoms with Gasteiger partial charge in [0.1, 0.15) is 5.69 Å². The molecule has 102 valence electrons. The maximum Gasteiger partial charge on any atom is 0.270 e. The number of aliphatic hydroxyl groups is 1. The Morgan fingerprint density at radius 1 is 1.40 bits per heavy atom. The molecule has 0 aliphatic carbocycles. The summed E-state index contributed by atoms with van der Waals surface area (Å²) in [5.41, 5.74) is 2.18. The molecule has 0 fully saturated rings. The molecule has 0 spiro atoms. The molecule has 1 amide bonds. The molecule has 2 rings (SSSR count). The Kier molecular flexibility index (Phi) is 5.30. The lowest BCUT2D eigenvalue weighted by molar-refractivity contribution is 0.0946. The number of nitrogens with one attached hydrogen (secondary N) is 1. The van der Waals surface area contributed by atoms with Crippen LogP contribution in [0.1, 0.15) is 28.0 Å². The minimum Gasteiger partial charge on any atom is -0.395 e. The Hall–Kier alpha value is -2.16. The number of thiophene rings is 1. The highest BCUT2D eigenvalue weighted by atomic mass is 32.1. The molecule has 20 heavy (non-hydrogen) atoms. The summed E-state index contributed by atoms with van der Waals surface area (Å²) in [5, 5.41) is 15.4. The van der Waals surface area contributed by atoms with Gasteiger partial charge in [0.15, 0.2) is 0 Å². The first-order chi connectivity index (χ1) is 9.79. The van der Waals surface area contributed by atoms with Crippen LogP contribution < -0.4 is 5.32 Å². The number of aromatic nitrogens is 1. The molecular formula is C15H14N2O2S. The van der Waals surface area contributed by atoms with Gasteiger partial charge in [-0.15, -0.1) is 0 Å². The monoisotopic (exact) mass is 286 g/mol. The smallest absolute Gasteiger partial charge is 0.270 e. The average molecular weight is 286 g/mol. The molecule has 0 saturated heterocycles. The number of hydrogen-bond donors (Lipinski definition) is 2. The van der Waals surface area contributed by atoms with Gasteiger partial charge in [0.2, 0.25) is 0 Å². The first kappa shape index (κ1) is 14.3. The largest absolute Gasteiger partial charge is 0.395 e. The second kappa shape index (κ2) is 7.43. The minimum atomic E-state index is -0.203. The standard InChI is InChI=1S/C15H14N2O2S/c18-7-2-1-3-12-4-5-14(16-9-12)15(19)17-10-13-6-8-20-11-13/h4-6,8-9,11,18H,2,7,10H2,(H,17,19). The van der Waals surface area contributed by atoms with Crippen LogP contribution in [0.5, 0.6) is 0 Å². The molecule has 0 aliphatic heterocycles. The van der Waals surface area contributed by atoms with Crippen molar-refractivity contribution < 1.29 is 9.90 Å². The van der Waals surface area contributed by atoms with E-state index < -0.39 is 0 Å². The Labute approximate surface area is 121 Å². The zero-order valence-electron chi connectivity index (χ0n) is 10.8. The van der Waals surface area contributed by atoms with Crippen molar-refractivity contribution in [3.63, 3.8) is 0 Å². The van der Waals surface area contributed by atoms with E-state index in [0.717, 1.165) is 11.1 Å². The number of carbonyl (C=O) groups is 1. The molecule has 2 aromatic rings. The van der Waals surface area contributed by atoms with E-state index in [1.807, 2.05) is 16.8 Å². The highest BCUT2D eigenvalue weighted by molar-refractivity contribution is 7.07. The number of carbonyl (C=O) groups excluding carboxylic acids is 1. The lowest BCUT2D eigenvalue weighted by Crippen LogP contribution is -2.23. The van der Waals surface area contributed by atoms with Crippen molar-refractivity contribution in [2.45, 2.75) is 13.0 Å². The highest BCUT2D eigenvalue weighted by Crippen LogP contribution is 2.05. The molecule has 0 atom stereocenters. The first-order valence-corrected chi connectivity index (χ1v) is 7.09. The summed E-state index contributed by atoms with van der Waals surface area (Å²) < 4.78 is 0. The SMILES string of the molecule is O=C(NCc1ccsc1)c1ccc(C#CCCO)cn1. The molecule has 2 heterocycles. The molecule has 2 aromatic heterocycles. The summed E-state index contributed by atoms with van der Waals surface area (Å²) in [5.74, 6) is 5.46. The van der Waals surface area contributed by atoms with E-state index in [9.17, 15) is 4.79 Å². The number of hydrogen-bond acceptors (Lipinski definition) is 4. The third kappa shape index (κ3) is 4.19. The zero-order chi connectivity index (χ0) is 14.2. The predicted molar refractivity (Wildman–Crippen MR) is 78.3 cm³/mol. The molecule has 0 aliphatic rings. The number of nitrogens with zero attached hydrogens (tertiary/aromatic N) is 1. The van der Waals surface area contributed by atoms with E-state index in [0.29, 0.717) is 18.7 Å². The lowest BCUT2D eigenvalue weighted by atomic mass is 10.2. The fourth-order valence-electron chi connectivity index (χ4n) is 1.49. The minimum absolute atomic E-state index is 0.0451. The van der Waals surface area contributed by atoms with E-state index in [1.54, 1.807) is 29.7 Å². The molecule has 4 nitrogen and oxygen atoms in total. The van der Waals surface area contributed by atoms with Crippen LogP contribution in [-0.2, 0) is 6.54 Å². The number of pyridine rings is 1. The van der Waals surface area contributed by atoms with Crippen LogP contribution in [0.15, 0.2) is 35.2 Å². The van der Waals surface area contributed by atoms with Crippen LogP contribution in [0.4, 0.5) is 0 Å². The maximum atomic E-state index is 11.9. The van der Waals surface area contributed by atoms with Crippen molar-refractivity contribution in [3.8, 4) is 11.8 Å². The highest BCUT2D eigenvalue weighted by Gasteiger charge is 2.06. The normalized spacial score (nSPS) is 9.65. The summed E-state index contributed by atoms with van der Waals surface area (Å²) >= 11 is 1.60. The number of aliphatic hydroxyl groups excluding tert-OH is 1. The van der Waals surface area contributed by atoms with Gasteiger partial charge in [0.25, 0.3) is 5.91 Å². The molecule has 0 radical (unpaired) electrons. The van der Waals surface area contributed by atoms with Gasteiger partial charge in [-0.3, -0.25) is 4.79 Å². The van der Waals surface area contributed by atoms with Gasteiger partial charge >= 0.3 is 0 Å². The van der Waals surface area contributed by atoms with Gasteiger partial charge in [0.05, 0.1) is 6.61 Å².